The van der Waals surface area contributed by atoms with Crippen molar-refractivity contribution >= 4 is 23.2 Å². The number of benzene rings is 4. The molecule has 2 N–H and O–H groups in total. The monoisotopic (exact) mass is 632 g/mol. The van der Waals surface area contributed by atoms with E-state index in [1.54, 1.807) is 0 Å². The predicted molar refractivity (Wildman–Crippen MR) is 186 cm³/mol. The lowest BCUT2D eigenvalue weighted by atomic mass is 9.91. The topological polar surface area (TPSA) is 104 Å². The molecule has 6 rings (SSSR count). The normalized spacial score (nSPS) is 23.4. The molecule has 8 heteroatoms. The van der Waals surface area contributed by atoms with E-state index in [9.17, 15) is 20.0 Å². The minimum Gasteiger partial charge on any atom is -0.632 e. The Morgan fingerprint density at radius 2 is 0.915 bits per heavy atom. The molecule has 0 radical (unpaired) electrons. The molecule has 0 saturated carbocycles. The van der Waals surface area contributed by atoms with Crippen molar-refractivity contribution in [2.75, 3.05) is 23.7 Å². The highest BCUT2D eigenvalue weighted by Gasteiger charge is 2.43. The molecule has 0 aliphatic carbocycles. The number of rotatable bonds is 8. The Morgan fingerprint density at radius 3 is 1.28 bits per heavy atom. The first-order valence-electron chi connectivity index (χ1n) is 16.5. The number of nitrogens with one attached hydrogen (secondary N) is 2. The molecule has 2 unspecified atom stereocenters. The van der Waals surface area contributed by atoms with Gasteiger partial charge >= 0.3 is 0 Å². The van der Waals surface area contributed by atoms with E-state index in [0.29, 0.717) is 12.8 Å². The van der Waals surface area contributed by atoms with Crippen LogP contribution in [-0.2, 0) is 35.5 Å². The summed E-state index contributed by atoms with van der Waals surface area (Å²) in [5.74, 6) is -0.619. The average Bonchev–Trinajstić information content (AvgIpc) is 3.03. The zero-order valence-corrected chi connectivity index (χ0v) is 27.7. The van der Waals surface area contributed by atoms with E-state index < -0.39 is 21.4 Å². The van der Waals surface area contributed by atoms with Crippen molar-refractivity contribution in [1.82, 2.24) is 0 Å². The number of hydrogen-bond acceptors (Lipinski definition) is 4. The Bertz CT molecular complexity index is 1650. The van der Waals surface area contributed by atoms with Gasteiger partial charge in [-0.15, -0.1) is 0 Å². The molecule has 0 aromatic heterocycles. The van der Waals surface area contributed by atoms with Crippen molar-refractivity contribution in [1.29, 1.82) is 0 Å². The molecule has 4 aromatic rings. The number of hydroxylamine groups is 6. The Morgan fingerprint density at radius 1 is 0.574 bits per heavy atom. The van der Waals surface area contributed by atoms with Gasteiger partial charge in [-0.1, -0.05) is 84.9 Å². The third kappa shape index (κ3) is 6.60. The van der Waals surface area contributed by atoms with Gasteiger partial charge in [0.1, 0.15) is 13.1 Å². The molecule has 47 heavy (non-hydrogen) atoms. The van der Waals surface area contributed by atoms with Gasteiger partial charge in [-0.3, -0.25) is 9.59 Å². The summed E-state index contributed by atoms with van der Waals surface area (Å²) in [6, 6.07) is 25.5. The van der Waals surface area contributed by atoms with E-state index in [4.69, 9.17) is 0 Å². The Hall–Kier alpha value is -4.34. The molecule has 2 aliphatic heterocycles. The Balaban J connectivity index is 1.25. The number of quaternary nitrogens is 2. The zero-order valence-electron chi connectivity index (χ0n) is 27.7. The first-order valence-corrected chi connectivity index (χ1v) is 16.5. The van der Waals surface area contributed by atoms with Crippen molar-refractivity contribution < 1.29 is 18.9 Å². The number of carbonyl (C=O) groups excluding carboxylic acids is 2. The fraction of sp³-hybridized carbons (Fsp3) is 0.333. The second-order valence-electron chi connectivity index (χ2n) is 13.5. The van der Waals surface area contributed by atoms with E-state index in [1.807, 2.05) is 113 Å². The van der Waals surface area contributed by atoms with E-state index >= 15 is 0 Å². The lowest BCUT2D eigenvalue weighted by Gasteiger charge is -2.53. The second-order valence-corrected chi connectivity index (χ2v) is 13.5. The van der Waals surface area contributed by atoms with Crippen LogP contribution in [0.15, 0.2) is 84.9 Å². The van der Waals surface area contributed by atoms with Crippen molar-refractivity contribution in [2.45, 2.75) is 72.1 Å². The van der Waals surface area contributed by atoms with Gasteiger partial charge in [0.2, 0.25) is 0 Å². The van der Waals surface area contributed by atoms with Crippen LogP contribution in [-0.4, -0.2) is 46.3 Å². The molecule has 4 atom stereocenters. The van der Waals surface area contributed by atoms with Crippen molar-refractivity contribution in [2.24, 2.45) is 0 Å². The fourth-order valence-electron chi connectivity index (χ4n) is 7.49. The van der Waals surface area contributed by atoms with Crippen LogP contribution < -0.4 is 10.6 Å². The number of carbonyl (C=O) groups is 2. The number of hydrogen-bond donors (Lipinski definition) is 2. The number of aryl methyl sites for hydroxylation is 4. The molecule has 244 valence electrons. The maximum absolute atomic E-state index is 14.8. The van der Waals surface area contributed by atoms with E-state index in [1.165, 1.54) is 0 Å². The van der Waals surface area contributed by atoms with Crippen LogP contribution in [0.1, 0.15) is 50.9 Å². The first-order chi connectivity index (χ1) is 22.5. The number of amides is 2. The lowest BCUT2D eigenvalue weighted by molar-refractivity contribution is -0.929. The van der Waals surface area contributed by atoms with Gasteiger partial charge in [0, 0.05) is 41.8 Å². The maximum atomic E-state index is 14.8. The molecule has 4 aromatic carbocycles. The van der Waals surface area contributed by atoms with Crippen molar-refractivity contribution in [3.63, 3.8) is 0 Å². The number of anilines is 2. The second kappa shape index (κ2) is 13.0. The third-order valence-electron chi connectivity index (χ3n) is 10.2. The highest BCUT2D eigenvalue weighted by atomic mass is 16.6. The quantitative estimate of drug-likeness (QED) is 0.165. The molecule has 0 bridgehead atoms. The highest BCUT2D eigenvalue weighted by molar-refractivity contribution is 5.96. The summed E-state index contributed by atoms with van der Waals surface area (Å²) in [5.41, 5.74) is 9.08. The first kappa shape index (κ1) is 32.6. The molecule has 0 saturated heterocycles. The Kier molecular flexibility index (Phi) is 9.05. The summed E-state index contributed by atoms with van der Waals surface area (Å²) in [6.07, 6.45) is 0.918. The molecule has 2 heterocycles. The fourth-order valence-corrected chi connectivity index (χ4v) is 7.49. The number of para-hydroxylation sites is 2. The van der Waals surface area contributed by atoms with Gasteiger partial charge in [0.25, 0.3) is 11.8 Å². The highest BCUT2D eigenvalue weighted by Crippen LogP contribution is 2.34. The maximum Gasteiger partial charge on any atom is 0.283 e. The largest absolute Gasteiger partial charge is 0.632 e. The Labute approximate surface area is 277 Å². The molecule has 2 aliphatic rings. The predicted octanol–water partition coefficient (Wildman–Crippen LogP) is 6.77. The SMILES string of the molecule is Cc1cccc(C)c1NC(=O)[C@@H]1Cc2ccccc2C[N+]1([O-])CCC[N+]1([O-])Cc2ccccc2C[C@H]1C(=O)Nc1c(C)cccc1C. The molecular formula is C39H44N4O4. The summed E-state index contributed by atoms with van der Waals surface area (Å²) >= 11 is 0. The van der Waals surface area contributed by atoms with Gasteiger partial charge in [0.05, 0.1) is 13.1 Å². The summed E-state index contributed by atoms with van der Waals surface area (Å²) in [5, 5.41) is 35.7. The van der Waals surface area contributed by atoms with Crippen molar-refractivity contribution in [3.8, 4) is 0 Å². The summed E-state index contributed by atoms with van der Waals surface area (Å²) in [7, 11) is 0. The smallest absolute Gasteiger partial charge is 0.283 e. The summed E-state index contributed by atoms with van der Waals surface area (Å²) in [4.78, 5) is 27.8. The van der Waals surface area contributed by atoms with E-state index in [0.717, 1.165) is 55.9 Å². The van der Waals surface area contributed by atoms with Crippen LogP contribution in [0.5, 0.6) is 0 Å². The zero-order chi connectivity index (χ0) is 33.3. The van der Waals surface area contributed by atoms with Crippen LogP contribution in [0, 0.1) is 38.1 Å². The van der Waals surface area contributed by atoms with Crippen LogP contribution in [0.2, 0.25) is 0 Å². The minimum atomic E-state index is -0.866. The average molecular weight is 633 g/mol. The molecule has 0 fully saturated rings. The molecule has 0 spiro atoms. The van der Waals surface area contributed by atoms with Crippen LogP contribution >= 0.6 is 0 Å². The van der Waals surface area contributed by atoms with Gasteiger partial charge in [-0.25, -0.2) is 0 Å². The van der Waals surface area contributed by atoms with Crippen LogP contribution in [0.3, 0.4) is 0 Å². The van der Waals surface area contributed by atoms with Crippen LogP contribution in [0.25, 0.3) is 0 Å². The van der Waals surface area contributed by atoms with E-state index in [2.05, 4.69) is 10.6 Å². The molecule has 2 amide bonds. The van der Waals surface area contributed by atoms with E-state index in [-0.39, 0.29) is 44.4 Å². The number of fused-ring (bicyclic) bond motifs is 2. The number of nitrogens with zero attached hydrogens (tertiary/aromatic N) is 2. The summed E-state index contributed by atoms with van der Waals surface area (Å²) in [6.45, 7) is 8.26. The summed E-state index contributed by atoms with van der Waals surface area (Å²) < 4.78 is -1.49. The van der Waals surface area contributed by atoms with Gasteiger partial charge in [-0.2, -0.15) is 0 Å². The van der Waals surface area contributed by atoms with Gasteiger partial charge < -0.3 is 30.3 Å². The van der Waals surface area contributed by atoms with Crippen LogP contribution in [0.4, 0.5) is 11.4 Å². The molecular weight excluding hydrogens is 588 g/mol. The minimum absolute atomic E-state index is 0.0916. The lowest BCUT2D eigenvalue weighted by Crippen LogP contribution is -2.61. The standard InChI is InChI=1S/C39H44N4O4/c1-26-12-9-13-27(2)36(26)40-38(44)34-22-30-16-5-7-18-32(30)24-42(34,46)20-11-21-43(47)25-33-19-8-6-17-31(33)23-35(43)39(45)41-37-28(3)14-10-15-29(37)4/h5-10,12-19,34-35H,11,20-25H2,1-4H3,(H,40,44)(H,41,45)/t34-,35-,42?,43?/m0/s1. The third-order valence-corrected chi connectivity index (χ3v) is 10.2. The van der Waals surface area contributed by atoms with Gasteiger partial charge in [0.15, 0.2) is 12.1 Å². The van der Waals surface area contributed by atoms with Crippen molar-refractivity contribution in [3.05, 3.63) is 140 Å². The van der Waals surface area contributed by atoms with Gasteiger partial charge in [-0.05, 0) is 61.1 Å². The molecule has 8 nitrogen and oxygen atoms in total.